The highest BCUT2D eigenvalue weighted by Gasteiger charge is 2.16. The van der Waals surface area contributed by atoms with Crippen molar-refractivity contribution in [1.29, 1.82) is 0 Å². The van der Waals surface area contributed by atoms with Crippen molar-refractivity contribution in [2.45, 2.75) is 46.6 Å². The fraction of sp³-hybridized carbons (Fsp3) is 0.846. The molecule has 0 spiro atoms. The lowest BCUT2D eigenvalue weighted by Gasteiger charge is -2.13. The van der Waals surface area contributed by atoms with E-state index in [9.17, 15) is 9.59 Å². The number of rotatable bonds is 9. The van der Waals surface area contributed by atoms with Gasteiger partial charge in [-0.1, -0.05) is 20.8 Å². The lowest BCUT2D eigenvalue weighted by molar-refractivity contribution is -0.159. The van der Waals surface area contributed by atoms with Crippen LogP contribution in [0.5, 0.6) is 0 Å². The summed E-state index contributed by atoms with van der Waals surface area (Å²) < 4.78 is 10.2. The molecule has 1 N–H and O–H groups in total. The molecule has 106 valence electrons. The Hall–Kier alpha value is -1.10. The van der Waals surface area contributed by atoms with E-state index < -0.39 is 12.1 Å². The first-order valence-corrected chi connectivity index (χ1v) is 6.52. The molecule has 0 fully saturated rings. The highest BCUT2D eigenvalue weighted by molar-refractivity contribution is 5.81. The van der Waals surface area contributed by atoms with E-state index in [1.165, 1.54) is 0 Å². The summed E-state index contributed by atoms with van der Waals surface area (Å²) in [5.74, 6) is -0.238. The largest absolute Gasteiger partial charge is 0.454 e. The molecule has 1 atom stereocenters. The van der Waals surface area contributed by atoms with Crippen LogP contribution in [0.1, 0.15) is 40.5 Å². The summed E-state index contributed by atoms with van der Waals surface area (Å²) in [6.45, 7) is 8.64. The first kappa shape index (κ1) is 16.9. The van der Waals surface area contributed by atoms with Gasteiger partial charge in [-0.2, -0.15) is 0 Å². The van der Waals surface area contributed by atoms with Crippen LogP contribution in [0.4, 0.5) is 0 Å². The van der Waals surface area contributed by atoms with Gasteiger partial charge in [-0.05, 0) is 25.7 Å². The van der Waals surface area contributed by atoms with Crippen LogP contribution in [0.3, 0.4) is 0 Å². The van der Waals surface area contributed by atoms with Gasteiger partial charge in [-0.25, -0.2) is 4.79 Å². The standard InChI is InChI=1S/C13H25NO4/c1-5-7-14-12(15)9-18-13(16)11(4)17-8-6-10(2)3/h10-11H,5-9H2,1-4H3,(H,14,15). The Labute approximate surface area is 109 Å². The van der Waals surface area contributed by atoms with Gasteiger partial charge in [0.2, 0.25) is 0 Å². The van der Waals surface area contributed by atoms with Crippen LogP contribution in [0, 0.1) is 5.92 Å². The molecule has 0 aliphatic carbocycles. The van der Waals surface area contributed by atoms with E-state index in [0.717, 1.165) is 12.8 Å². The normalized spacial score (nSPS) is 12.3. The second-order valence-electron chi connectivity index (χ2n) is 4.65. The molecule has 0 aromatic rings. The van der Waals surface area contributed by atoms with E-state index >= 15 is 0 Å². The van der Waals surface area contributed by atoms with Crippen molar-refractivity contribution >= 4 is 11.9 Å². The Morgan fingerprint density at radius 2 is 1.89 bits per heavy atom. The fourth-order valence-electron chi connectivity index (χ4n) is 1.12. The molecule has 0 rings (SSSR count). The van der Waals surface area contributed by atoms with Crippen molar-refractivity contribution in [2.24, 2.45) is 5.92 Å². The molecule has 0 heterocycles. The van der Waals surface area contributed by atoms with Gasteiger partial charge >= 0.3 is 5.97 Å². The number of hydrogen-bond acceptors (Lipinski definition) is 4. The number of esters is 1. The third-order valence-electron chi connectivity index (χ3n) is 2.31. The molecule has 0 saturated carbocycles. The van der Waals surface area contributed by atoms with Crippen LogP contribution in [-0.2, 0) is 19.1 Å². The highest BCUT2D eigenvalue weighted by Crippen LogP contribution is 2.02. The molecule has 1 unspecified atom stereocenters. The van der Waals surface area contributed by atoms with Gasteiger partial charge in [-0.3, -0.25) is 4.79 Å². The van der Waals surface area contributed by atoms with Crippen LogP contribution in [0.15, 0.2) is 0 Å². The molecule has 18 heavy (non-hydrogen) atoms. The minimum Gasteiger partial charge on any atom is -0.454 e. The summed E-state index contributed by atoms with van der Waals surface area (Å²) in [7, 11) is 0. The van der Waals surface area contributed by atoms with Gasteiger partial charge in [0.15, 0.2) is 12.7 Å². The van der Waals surface area contributed by atoms with Gasteiger partial charge in [0.1, 0.15) is 0 Å². The zero-order chi connectivity index (χ0) is 14.0. The zero-order valence-corrected chi connectivity index (χ0v) is 11.8. The molecule has 5 nitrogen and oxygen atoms in total. The Balaban J connectivity index is 3.70. The summed E-state index contributed by atoms with van der Waals surface area (Å²) in [4.78, 5) is 22.7. The first-order valence-electron chi connectivity index (χ1n) is 6.52. The Bertz CT molecular complexity index is 253. The van der Waals surface area contributed by atoms with Crippen molar-refractivity contribution in [2.75, 3.05) is 19.8 Å². The molecular weight excluding hydrogens is 234 g/mol. The van der Waals surface area contributed by atoms with Crippen LogP contribution in [0.2, 0.25) is 0 Å². The maximum absolute atomic E-state index is 11.5. The van der Waals surface area contributed by atoms with Gasteiger partial charge in [0, 0.05) is 13.2 Å². The molecular formula is C13H25NO4. The van der Waals surface area contributed by atoms with Crippen molar-refractivity contribution < 1.29 is 19.1 Å². The molecule has 1 amide bonds. The second kappa shape index (κ2) is 9.88. The van der Waals surface area contributed by atoms with Crippen LogP contribution in [-0.4, -0.2) is 37.7 Å². The molecule has 0 aliphatic heterocycles. The lowest BCUT2D eigenvalue weighted by atomic mass is 10.1. The van der Waals surface area contributed by atoms with Gasteiger partial charge in [0.05, 0.1) is 0 Å². The predicted octanol–water partition coefficient (Wildman–Crippen LogP) is 1.51. The number of nitrogens with one attached hydrogen (secondary N) is 1. The Morgan fingerprint density at radius 3 is 2.44 bits per heavy atom. The van der Waals surface area contributed by atoms with Crippen molar-refractivity contribution in [3.8, 4) is 0 Å². The molecule has 0 radical (unpaired) electrons. The van der Waals surface area contributed by atoms with E-state index in [1.807, 2.05) is 6.92 Å². The van der Waals surface area contributed by atoms with Crippen LogP contribution in [0.25, 0.3) is 0 Å². The third-order valence-corrected chi connectivity index (χ3v) is 2.31. The molecule has 0 aromatic heterocycles. The maximum Gasteiger partial charge on any atom is 0.335 e. The van der Waals surface area contributed by atoms with Crippen molar-refractivity contribution in [3.63, 3.8) is 0 Å². The van der Waals surface area contributed by atoms with Crippen LogP contribution >= 0.6 is 0 Å². The number of carbonyl (C=O) groups is 2. The van der Waals surface area contributed by atoms with Gasteiger partial charge < -0.3 is 14.8 Å². The highest BCUT2D eigenvalue weighted by atomic mass is 16.6. The second-order valence-corrected chi connectivity index (χ2v) is 4.65. The average molecular weight is 259 g/mol. The van der Waals surface area contributed by atoms with Crippen molar-refractivity contribution in [1.82, 2.24) is 5.32 Å². The Morgan fingerprint density at radius 1 is 1.22 bits per heavy atom. The van der Waals surface area contributed by atoms with E-state index in [0.29, 0.717) is 19.1 Å². The summed E-state index contributed by atoms with van der Waals surface area (Å²) in [6, 6.07) is 0. The van der Waals surface area contributed by atoms with E-state index in [2.05, 4.69) is 19.2 Å². The fourth-order valence-corrected chi connectivity index (χ4v) is 1.12. The number of ether oxygens (including phenoxy) is 2. The topological polar surface area (TPSA) is 64.6 Å². The van der Waals surface area contributed by atoms with Gasteiger partial charge in [0.25, 0.3) is 5.91 Å². The van der Waals surface area contributed by atoms with Crippen molar-refractivity contribution in [3.05, 3.63) is 0 Å². The number of hydrogen-bond donors (Lipinski definition) is 1. The monoisotopic (exact) mass is 259 g/mol. The summed E-state index contributed by atoms with van der Waals surface area (Å²) in [5.41, 5.74) is 0. The SMILES string of the molecule is CCCNC(=O)COC(=O)C(C)OCCC(C)C. The molecule has 0 bridgehead atoms. The first-order chi connectivity index (χ1) is 8.47. The zero-order valence-electron chi connectivity index (χ0n) is 11.8. The summed E-state index contributed by atoms with van der Waals surface area (Å²) >= 11 is 0. The van der Waals surface area contributed by atoms with E-state index in [4.69, 9.17) is 9.47 Å². The minimum atomic E-state index is -0.622. The van der Waals surface area contributed by atoms with E-state index in [1.54, 1.807) is 6.92 Å². The Kier molecular flexibility index (Phi) is 9.28. The number of carbonyl (C=O) groups excluding carboxylic acids is 2. The summed E-state index contributed by atoms with van der Waals surface area (Å²) in [5, 5.41) is 2.63. The third kappa shape index (κ3) is 8.98. The maximum atomic E-state index is 11.5. The smallest absolute Gasteiger partial charge is 0.335 e. The quantitative estimate of drug-likeness (QED) is 0.637. The van der Waals surface area contributed by atoms with E-state index in [-0.39, 0.29) is 12.5 Å². The molecule has 0 aromatic carbocycles. The molecule has 0 aliphatic rings. The molecule has 0 saturated heterocycles. The predicted molar refractivity (Wildman–Crippen MR) is 69.1 cm³/mol. The van der Waals surface area contributed by atoms with Crippen LogP contribution < -0.4 is 5.32 Å². The number of amides is 1. The average Bonchev–Trinajstić information content (AvgIpc) is 2.32. The minimum absolute atomic E-state index is 0.239. The molecule has 5 heteroatoms. The van der Waals surface area contributed by atoms with Gasteiger partial charge in [-0.15, -0.1) is 0 Å². The lowest BCUT2D eigenvalue weighted by Crippen LogP contribution is -2.32. The summed E-state index contributed by atoms with van der Waals surface area (Å²) in [6.07, 6.45) is 1.13.